The molecule has 0 aromatic heterocycles. The van der Waals surface area contributed by atoms with Gasteiger partial charge in [0.05, 0.1) is 0 Å². The summed E-state index contributed by atoms with van der Waals surface area (Å²) in [5.41, 5.74) is 0.0274. The first-order chi connectivity index (χ1) is 9.45. The maximum atomic E-state index is 12.6. The third kappa shape index (κ3) is 2.69. The Morgan fingerprint density at radius 1 is 1.25 bits per heavy atom. The molecule has 1 aliphatic heterocycles. The van der Waals surface area contributed by atoms with E-state index in [9.17, 15) is 9.59 Å². The number of nitrogens with zero attached hydrogens (tertiary/aromatic N) is 1. The lowest BCUT2D eigenvalue weighted by atomic mass is 9.96. The van der Waals surface area contributed by atoms with Crippen molar-refractivity contribution < 1.29 is 9.59 Å². The topological polar surface area (TPSA) is 49.4 Å². The molecule has 1 N–H and O–H groups in total. The van der Waals surface area contributed by atoms with Crippen LogP contribution in [0.3, 0.4) is 0 Å². The Morgan fingerprint density at radius 2 is 1.90 bits per heavy atom. The first kappa shape index (κ1) is 14.6. The van der Waals surface area contributed by atoms with Gasteiger partial charge in [-0.2, -0.15) is 0 Å². The fourth-order valence-electron chi connectivity index (χ4n) is 2.65. The monoisotopic (exact) mass is 274 g/mol. The molecule has 1 unspecified atom stereocenters. The summed E-state index contributed by atoms with van der Waals surface area (Å²) in [5, 5.41) is 2.92. The molecule has 0 bridgehead atoms. The van der Waals surface area contributed by atoms with E-state index in [0.29, 0.717) is 13.0 Å². The molecule has 108 valence electrons. The van der Waals surface area contributed by atoms with Gasteiger partial charge in [0.25, 0.3) is 0 Å². The van der Waals surface area contributed by atoms with E-state index in [1.54, 1.807) is 4.90 Å². The highest BCUT2D eigenvalue weighted by Gasteiger charge is 2.45. The van der Waals surface area contributed by atoms with Gasteiger partial charge in [0.2, 0.25) is 11.8 Å². The molecule has 2 rings (SSSR count). The fraction of sp³-hybridized carbons (Fsp3) is 0.500. The zero-order valence-electron chi connectivity index (χ0n) is 12.3. The number of anilines is 1. The molecule has 4 heteroatoms. The number of para-hydroxylation sites is 1. The lowest BCUT2D eigenvalue weighted by Crippen LogP contribution is -2.54. The van der Waals surface area contributed by atoms with Crippen molar-refractivity contribution >= 4 is 17.5 Å². The molecular formula is C16H22N2O2. The number of nitrogens with one attached hydrogen (secondary N) is 1. The Balaban J connectivity index is 2.16. The predicted molar refractivity (Wildman–Crippen MR) is 79.3 cm³/mol. The minimum Gasteiger partial charge on any atom is -0.328 e. The molecule has 0 radical (unpaired) electrons. The number of carbonyl (C=O) groups excluding carboxylic acids is 2. The summed E-state index contributed by atoms with van der Waals surface area (Å²) in [4.78, 5) is 26.6. The minimum absolute atomic E-state index is 0.0493. The zero-order chi connectivity index (χ0) is 14.8. The normalized spacial score (nSPS) is 22.1. The third-order valence-electron chi connectivity index (χ3n) is 3.92. The molecule has 1 aromatic carbocycles. The summed E-state index contributed by atoms with van der Waals surface area (Å²) < 4.78 is 0. The number of rotatable bonds is 3. The van der Waals surface area contributed by atoms with E-state index in [2.05, 4.69) is 5.32 Å². The maximum absolute atomic E-state index is 12.6. The molecule has 4 nitrogen and oxygen atoms in total. The van der Waals surface area contributed by atoms with Crippen molar-refractivity contribution in [2.45, 2.75) is 39.2 Å². The van der Waals surface area contributed by atoms with E-state index in [4.69, 9.17) is 0 Å². The van der Waals surface area contributed by atoms with Gasteiger partial charge in [-0.15, -0.1) is 0 Å². The third-order valence-corrected chi connectivity index (χ3v) is 3.92. The average molecular weight is 274 g/mol. The van der Waals surface area contributed by atoms with Gasteiger partial charge in [-0.05, 0) is 31.9 Å². The number of amides is 2. The summed E-state index contributed by atoms with van der Waals surface area (Å²) in [6.07, 6.45) is 1.58. The van der Waals surface area contributed by atoms with Crippen molar-refractivity contribution in [2.75, 3.05) is 11.9 Å². The summed E-state index contributed by atoms with van der Waals surface area (Å²) in [6, 6.07) is 9.37. The second-order valence-corrected chi connectivity index (χ2v) is 5.84. The number of carbonyl (C=O) groups is 2. The molecule has 0 aliphatic carbocycles. The SMILES string of the molecule is CC(C)C(=O)N1CCCC1(C)C(=O)Nc1ccccc1. The second-order valence-electron chi connectivity index (χ2n) is 5.84. The second kappa shape index (κ2) is 5.65. The van der Waals surface area contributed by atoms with Crippen LogP contribution in [0.5, 0.6) is 0 Å². The van der Waals surface area contributed by atoms with Crippen LogP contribution in [-0.4, -0.2) is 28.8 Å². The van der Waals surface area contributed by atoms with Crippen LogP contribution < -0.4 is 5.32 Å². The zero-order valence-corrected chi connectivity index (χ0v) is 12.3. The Kier molecular flexibility index (Phi) is 4.12. The van der Waals surface area contributed by atoms with Gasteiger partial charge in [-0.3, -0.25) is 9.59 Å². The predicted octanol–water partition coefficient (Wildman–Crippen LogP) is 2.66. The van der Waals surface area contributed by atoms with Gasteiger partial charge in [0.1, 0.15) is 5.54 Å². The highest BCUT2D eigenvalue weighted by molar-refractivity contribution is 6.00. The molecule has 1 saturated heterocycles. The summed E-state index contributed by atoms with van der Waals surface area (Å²) in [5.74, 6) is -0.139. The molecular weight excluding hydrogens is 252 g/mol. The van der Waals surface area contributed by atoms with E-state index in [1.807, 2.05) is 51.1 Å². The lowest BCUT2D eigenvalue weighted by Gasteiger charge is -2.35. The van der Waals surface area contributed by atoms with Crippen LogP contribution in [0.2, 0.25) is 0 Å². The lowest BCUT2D eigenvalue weighted by molar-refractivity contribution is -0.144. The minimum atomic E-state index is -0.739. The van der Waals surface area contributed by atoms with E-state index in [1.165, 1.54) is 0 Å². The number of hydrogen-bond donors (Lipinski definition) is 1. The van der Waals surface area contributed by atoms with Crippen molar-refractivity contribution in [3.8, 4) is 0 Å². The van der Waals surface area contributed by atoms with Crippen LogP contribution >= 0.6 is 0 Å². The summed E-state index contributed by atoms with van der Waals surface area (Å²) in [7, 11) is 0. The fourth-order valence-corrected chi connectivity index (χ4v) is 2.65. The van der Waals surface area contributed by atoms with Crippen LogP contribution in [0.25, 0.3) is 0 Å². The van der Waals surface area contributed by atoms with Crippen LogP contribution in [0.15, 0.2) is 30.3 Å². The Morgan fingerprint density at radius 3 is 2.50 bits per heavy atom. The van der Waals surface area contributed by atoms with Crippen molar-refractivity contribution in [2.24, 2.45) is 5.92 Å². The van der Waals surface area contributed by atoms with Crippen molar-refractivity contribution in [3.63, 3.8) is 0 Å². The summed E-state index contributed by atoms with van der Waals surface area (Å²) in [6.45, 7) is 6.26. The van der Waals surface area contributed by atoms with Crippen LogP contribution in [-0.2, 0) is 9.59 Å². The molecule has 1 aromatic rings. The number of likely N-dealkylation sites (tertiary alicyclic amines) is 1. The quantitative estimate of drug-likeness (QED) is 0.921. The van der Waals surface area contributed by atoms with Gasteiger partial charge in [0, 0.05) is 18.2 Å². The Bertz CT molecular complexity index is 498. The molecule has 2 amide bonds. The highest BCUT2D eigenvalue weighted by Crippen LogP contribution is 2.31. The van der Waals surface area contributed by atoms with E-state index < -0.39 is 5.54 Å². The van der Waals surface area contributed by atoms with Gasteiger partial charge in [-0.25, -0.2) is 0 Å². The van der Waals surface area contributed by atoms with Gasteiger partial charge < -0.3 is 10.2 Å². The van der Waals surface area contributed by atoms with E-state index in [-0.39, 0.29) is 17.7 Å². The molecule has 1 atom stereocenters. The first-order valence-corrected chi connectivity index (χ1v) is 7.13. The first-order valence-electron chi connectivity index (χ1n) is 7.13. The molecule has 0 spiro atoms. The van der Waals surface area contributed by atoms with Crippen molar-refractivity contribution in [1.82, 2.24) is 4.90 Å². The van der Waals surface area contributed by atoms with Crippen molar-refractivity contribution in [1.29, 1.82) is 0 Å². The van der Waals surface area contributed by atoms with Crippen LogP contribution in [0, 0.1) is 5.92 Å². The Labute approximate surface area is 120 Å². The van der Waals surface area contributed by atoms with Crippen LogP contribution in [0.1, 0.15) is 33.6 Å². The molecule has 1 aliphatic rings. The number of benzene rings is 1. The molecule has 1 heterocycles. The largest absolute Gasteiger partial charge is 0.328 e. The van der Waals surface area contributed by atoms with Crippen LogP contribution in [0.4, 0.5) is 5.69 Å². The number of hydrogen-bond acceptors (Lipinski definition) is 2. The highest BCUT2D eigenvalue weighted by atomic mass is 16.2. The van der Waals surface area contributed by atoms with Gasteiger partial charge >= 0.3 is 0 Å². The van der Waals surface area contributed by atoms with Gasteiger partial charge in [-0.1, -0.05) is 32.0 Å². The molecule has 20 heavy (non-hydrogen) atoms. The smallest absolute Gasteiger partial charge is 0.250 e. The average Bonchev–Trinajstić information content (AvgIpc) is 2.82. The Hall–Kier alpha value is -1.84. The van der Waals surface area contributed by atoms with E-state index >= 15 is 0 Å². The maximum Gasteiger partial charge on any atom is 0.250 e. The van der Waals surface area contributed by atoms with Crippen molar-refractivity contribution in [3.05, 3.63) is 30.3 Å². The molecule has 1 fully saturated rings. The molecule has 0 saturated carbocycles. The standard InChI is InChI=1S/C16H22N2O2/c1-12(2)14(19)18-11-7-10-16(18,3)15(20)17-13-8-5-4-6-9-13/h4-6,8-9,12H,7,10-11H2,1-3H3,(H,17,20). The van der Waals surface area contributed by atoms with E-state index in [0.717, 1.165) is 12.1 Å². The van der Waals surface area contributed by atoms with Gasteiger partial charge in [0.15, 0.2) is 0 Å². The summed E-state index contributed by atoms with van der Waals surface area (Å²) >= 11 is 0.